The molecular formula is C11H13NO2. The molecular weight excluding hydrogens is 178 g/mol. The second-order valence-electron chi connectivity index (χ2n) is 3.47. The maximum Gasteiger partial charge on any atom is 0.326 e. The van der Waals surface area contributed by atoms with Crippen molar-refractivity contribution in [1.29, 1.82) is 0 Å². The summed E-state index contributed by atoms with van der Waals surface area (Å²) in [5.74, 6) is -0.733. The topological polar surface area (TPSA) is 40.5 Å². The van der Waals surface area contributed by atoms with Crippen molar-refractivity contribution in [3.05, 3.63) is 29.8 Å². The minimum Gasteiger partial charge on any atom is -0.480 e. The molecule has 14 heavy (non-hydrogen) atoms. The van der Waals surface area contributed by atoms with Crippen LogP contribution >= 0.6 is 0 Å². The smallest absolute Gasteiger partial charge is 0.326 e. The predicted octanol–water partition coefficient (Wildman–Crippen LogP) is 1.52. The van der Waals surface area contributed by atoms with E-state index in [-0.39, 0.29) is 6.04 Å². The maximum atomic E-state index is 11.0. The van der Waals surface area contributed by atoms with Crippen LogP contribution in [0.15, 0.2) is 24.3 Å². The number of hydrogen-bond acceptors (Lipinski definition) is 2. The van der Waals surface area contributed by atoms with E-state index < -0.39 is 5.97 Å². The van der Waals surface area contributed by atoms with Gasteiger partial charge in [0.25, 0.3) is 0 Å². The van der Waals surface area contributed by atoms with Crippen molar-refractivity contribution < 1.29 is 9.90 Å². The number of likely N-dealkylation sites (N-methyl/N-ethyl adjacent to an activating group) is 1. The number of anilines is 1. The van der Waals surface area contributed by atoms with Crippen LogP contribution in [0.1, 0.15) is 12.5 Å². The molecule has 1 N–H and O–H groups in total. The van der Waals surface area contributed by atoms with Crippen molar-refractivity contribution in [2.24, 2.45) is 0 Å². The molecule has 1 aromatic carbocycles. The summed E-state index contributed by atoms with van der Waals surface area (Å²) in [6.45, 7) is 2.73. The van der Waals surface area contributed by atoms with Gasteiger partial charge in [0.05, 0.1) is 0 Å². The van der Waals surface area contributed by atoms with Gasteiger partial charge in [-0.1, -0.05) is 18.2 Å². The molecule has 0 saturated carbocycles. The Balaban J connectivity index is 2.38. The van der Waals surface area contributed by atoms with E-state index >= 15 is 0 Å². The van der Waals surface area contributed by atoms with Crippen molar-refractivity contribution in [3.8, 4) is 0 Å². The van der Waals surface area contributed by atoms with E-state index in [1.54, 1.807) is 0 Å². The second kappa shape index (κ2) is 3.33. The van der Waals surface area contributed by atoms with Gasteiger partial charge in [0.15, 0.2) is 0 Å². The zero-order valence-corrected chi connectivity index (χ0v) is 8.10. The van der Waals surface area contributed by atoms with Crippen molar-refractivity contribution in [3.63, 3.8) is 0 Å². The second-order valence-corrected chi connectivity index (χ2v) is 3.47. The van der Waals surface area contributed by atoms with E-state index in [0.717, 1.165) is 17.8 Å². The quantitative estimate of drug-likeness (QED) is 0.770. The zero-order chi connectivity index (χ0) is 10.1. The number of aliphatic carboxylic acids is 1. The van der Waals surface area contributed by atoms with Gasteiger partial charge < -0.3 is 10.0 Å². The van der Waals surface area contributed by atoms with Gasteiger partial charge in [0.1, 0.15) is 6.04 Å². The van der Waals surface area contributed by atoms with E-state index in [1.165, 1.54) is 0 Å². The normalized spacial score (nSPS) is 19.5. The molecule has 2 rings (SSSR count). The molecule has 0 aromatic heterocycles. The van der Waals surface area contributed by atoms with E-state index in [4.69, 9.17) is 5.11 Å². The number of carboxylic acids is 1. The molecule has 3 heteroatoms. The van der Waals surface area contributed by atoms with Crippen LogP contribution in [0.2, 0.25) is 0 Å². The molecule has 1 aliphatic rings. The number of hydrogen-bond donors (Lipinski definition) is 1. The highest BCUT2D eigenvalue weighted by molar-refractivity contribution is 5.82. The summed E-state index contributed by atoms with van der Waals surface area (Å²) in [5.41, 5.74) is 2.21. The molecule has 1 unspecified atom stereocenters. The number of nitrogens with zero attached hydrogens (tertiary/aromatic N) is 1. The van der Waals surface area contributed by atoms with Gasteiger partial charge in [-0.2, -0.15) is 0 Å². The SMILES string of the molecule is CCN1c2ccccc2CC1C(=O)O. The standard InChI is InChI=1S/C11H13NO2/c1-2-12-9-6-4-3-5-8(9)7-10(12)11(13)14/h3-6,10H,2,7H2,1H3,(H,13,14). The number of para-hydroxylation sites is 1. The Labute approximate surface area is 83.0 Å². The van der Waals surface area contributed by atoms with Crippen molar-refractivity contribution >= 4 is 11.7 Å². The Bertz CT molecular complexity index is 362. The molecule has 1 heterocycles. The van der Waals surface area contributed by atoms with Crippen LogP contribution in [0.25, 0.3) is 0 Å². The Kier molecular flexibility index (Phi) is 2.15. The first-order valence-electron chi connectivity index (χ1n) is 4.81. The third-order valence-electron chi connectivity index (χ3n) is 2.72. The first-order chi connectivity index (χ1) is 6.74. The molecule has 0 aliphatic carbocycles. The van der Waals surface area contributed by atoms with E-state index in [2.05, 4.69) is 0 Å². The molecule has 0 radical (unpaired) electrons. The summed E-state index contributed by atoms with van der Waals surface area (Å²) >= 11 is 0. The number of benzene rings is 1. The monoisotopic (exact) mass is 191 g/mol. The largest absolute Gasteiger partial charge is 0.480 e. The molecule has 0 amide bonds. The molecule has 0 saturated heterocycles. The summed E-state index contributed by atoms with van der Waals surface area (Å²) < 4.78 is 0. The molecule has 1 aliphatic heterocycles. The van der Waals surface area contributed by atoms with Gasteiger partial charge in [-0.3, -0.25) is 0 Å². The van der Waals surface area contributed by atoms with E-state index in [0.29, 0.717) is 6.42 Å². The van der Waals surface area contributed by atoms with Gasteiger partial charge in [-0.05, 0) is 18.6 Å². The third-order valence-corrected chi connectivity index (χ3v) is 2.72. The van der Waals surface area contributed by atoms with Gasteiger partial charge in [-0.15, -0.1) is 0 Å². The van der Waals surface area contributed by atoms with Crippen LogP contribution in [-0.2, 0) is 11.2 Å². The minimum absolute atomic E-state index is 0.377. The molecule has 0 fully saturated rings. The van der Waals surface area contributed by atoms with E-state index in [1.807, 2.05) is 36.1 Å². The third kappa shape index (κ3) is 1.25. The lowest BCUT2D eigenvalue weighted by atomic mass is 10.1. The first-order valence-corrected chi connectivity index (χ1v) is 4.81. The number of rotatable bonds is 2. The molecule has 0 bridgehead atoms. The average Bonchev–Trinajstić information content (AvgIpc) is 2.56. The molecule has 74 valence electrons. The van der Waals surface area contributed by atoms with Crippen LogP contribution < -0.4 is 4.90 Å². The Morgan fingerprint density at radius 1 is 1.57 bits per heavy atom. The molecule has 3 nitrogen and oxygen atoms in total. The van der Waals surface area contributed by atoms with Gasteiger partial charge >= 0.3 is 5.97 Å². The Hall–Kier alpha value is -1.51. The van der Waals surface area contributed by atoms with Crippen LogP contribution in [0, 0.1) is 0 Å². The Morgan fingerprint density at radius 3 is 2.93 bits per heavy atom. The fourth-order valence-electron chi connectivity index (χ4n) is 2.06. The summed E-state index contributed by atoms with van der Waals surface area (Å²) in [5, 5.41) is 9.05. The number of carboxylic acid groups (broad SMARTS) is 1. The summed E-state index contributed by atoms with van der Waals surface area (Å²) in [4.78, 5) is 12.9. The predicted molar refractivity (Wildman–Crippen MR) is 54.6 cm³/mol. The lowest BCUT2D eigenvalue weighted by Crippen LogP contribution is -2.38. The van der Waals surface area contributed by atoms with Crippen LogP contribution in [0.3, 0.4) is 0 Å². The van der Waals surface area contributed by atoms with Crippen LogP contribution in [-0.4, -0.2) is 23.7 Å². The summed E-state index contributed by atoms with van der Waals surface area (Å²) in [7, 11) is 0. The minimum atomic E-state index is -0.733. The molecule has 0 spiro atoms. The van der Waals surface area contributed by atoms with Crippen molar-refractivity contribution in [2.45, 2.75) is 19.4 Å². The highest BCUT2D eigenvalue weighted by Crippen LogP contribution is 2.31. The number of fused-ring (bicyclic) bond motifs is 1. The van der Waals surface area contributed by atoms with Gasteiger partial charge in [0, 0.05) is 18.7 Å². The highest BCUT2D eigenvalue weighted by Gasteiger charge is 2.32. The summed E-state index contributed by atoms with van der Waals surface area (Å²) in [6.07, 6.45) is 0.624. The lowest BCUT2D eigenvalue weighted by Gasteiger charge is -2.22. The van der Waals surface area contributed by atoms with Crippen molar-refractivity contribution in [1.82, 2.24) is 0 Å². The molecule has 1 aromatic rings. The zero-order valence-electron chi connectivity index (χ0n) is 8.10. The summed E-state index contributed by atoms with van der Waals surface area (Å²) in [6, 6.07) is 7.52. The van der Waals surface area contributed by atoms with Crippen LogP contribution in [0.5, 0.6) is 0 Å². The average molecular weight is 191 g/mol. The fourth-order valence-corrected chi connectivity index (χ4v) is 2.06. The highest BCUT2D eigenvalue weighted by atomic mass is 16.4. The van der Waals surface area contributed by atoms with E-state index in [9.17, 15) is 4.79 Å². The Morgan fingerprint density at radius 2 is 2.29 bits per heavy atom. The fraction of sp³-hybridized carbons (Fsp3) is 0.364. The maximum absolute atomic E-state index is 11.0. The van der Waals surface area contributed by atoms with Gasteiger partial charge in [-0.25, -0.2) is 4.79 Å². The molecule has 1 atom stereocenters. The lowest BCUT2D eigenvalue weighted by molar-refractivity contribution is -0.138. The van der Waals surface area contributed by atoms with Crippen molar-refractivity contribution in [2.75, 3.05) is 11.4 Å². The van der Waals surface area contributed by atoms with Crippen LogP contribution in [0.4, 0.5) is 5.69 Å². The first kappa shape index (κ1) is 9.06. The van der Waals surface area contributed by atoms with Gasteiger partial charge in [0.2, 0.25) is 0 Å². The number of carbonyl (C=O) groups is 1.